The lowest BCUT2D eigenvalue weighted by Gasteiger charge is -2.45. The fourth-order valence-electron chi connectivity index (χ4n) is 2.05. The van der Waals surface area contributed by atoms with Crippen LogP contribution >= 0.6 is 0 Å². The Morgan fingerprint density at radius 2 is 2.25 bits per heavy atom. The van der Waals surface area contributed by atoms with Gasteiger partial charge in [-0.25, -0.2) is 4.39 Å². The van der Waals surface area contributed by atoms with Crippen molar-refractivity contribution in [2.75, 3.05) is 19.8 Å². The molecule has 0 radical (unpaired) electrons. The van der Waals surface area contributed by atoms with Crippen molar-refractivity contribution in [1.82, 2.24) is 0 Å². The predicted molar refractivity (Wildman–Crippen MR) is 58.7 cm³/mol. The molecule has 2 rings (SSSR count). The van der Waals surface area contributed by atoms with E-state index in [1.54, 1.807) is 19.1 Å². The molecule has 1 heterocycles. The van der Waals surface area contributed by atoms with E-state index in [1.165, 1.54) is 6.07 Å². The molecule has 1 saturated heterocycles. The highest BCUT2D eigenvalue weighted by molar-refractivity contribution is 5.34. The quantitative estimate of drug-likeness (QED) is 0.797. The highest BCUT2D eigenvalue weighted by Gasteiger charge is 2.46. The van der Waals surface area contributed by atoms with Gasteiger partial charge < -0.3 is 15.6 Å². The Labute approximate surface area is 94.0 Å². The SMILES string of the molecule is Cc1cc(C2(C(O)CN)COC2)ccc1F. The number of halogens is 1. The van der Waals surface area contributed by atoms with Gasteiger partial charge in [0.1, 0.15) is 5.82 Å². The van der Waals surface area contributed by atoms with E-state index in [4.69, 9.17) is 10.5 Å². The number of hydrogen-bond donors (Lipinski definition) is 2. The summed E-state index contributed by atoms with van der Waals surface area (Å²) in [5.41, 5.74) is 6.52. The summed E-state index contributed by atoms with van der Waals surface area (Å²) in [4.78, 5) is 0. The van der Waals surface area contributed by atoms with Gasteiger partial charge in [-0.15, -0.1) is 0 Å². The van der Waals surface area contributed by atoms with Crippen molar-refractivity contribution < 1.29 is 14.2 Å². The van der Waals surface area contributed by atoms with Crippen LogP contribution in [0.15, 0.2) is 18.2 Å². The summed E-state index contributed by atoms with van der Waals surface area (Å²) in [5, 5.41) is 9.94. The van der Waals surface area contributed by atoms with Crippen molar-refractivity contribution in [1.29, 1.82) is 0 Å². The van der Waals surface area contributed by atoms with Crippen LogP contribution in [-0.2, 0) is 10.2 Å². The third kappa shape index (κ3) is 1.63. The summed E-state index contributed by atoms with van der Waals surface area (Å²) in [6, 6.07) is 4.88. The zero-order valence-corrected chi connectivity index (χ0v) is 9.24. The fourth-order valence-corrected chi connectivity index (χ4v) is 2.05. The lowest BCUT2D eigenvalue weighted by Crippen LogP contribution is -2.57. The maximum atomic E-state index is 13.2. The Balaban J connectivity index is 2.37. The van der Waals surface area contributed by atoms with Crippen LogP contribution in [0, 0.1) is 12.7 Å². The number of aryl methyl sites for hydroxylation is 1. The summed E-state index contributed by atoms with van der Waals surface area (Å²) in [6.45, 7) is 2.77. The van der Waals surface area contributed by atoms with E-state index in [1.807, 2.05) is 0 Å². The molecule has 0 spiro atoms. The largest absolute Gasteiger partial charge is 0.391 e. The molecule has 0 saturated carbocycles. The first-order valence-corrected chi connectivity index (χ1v) is 5.32. The molecule has 4 heteroatoms. The Bertz CT molecular complexity index is 391. The summed E-state index contributed by atoms with van der Waals surface area (Å²) in [6.07, 6.45) is -0.647. The van der Waals surface area contributed by atoms with Crippen LogP contribution in [0.2, 0.25) is 0 Å². The van der Waals surface area contributed by atoms with E-state index in [9.17, 15) is 9.50 Å². The van der Waals surface area contributed by atoms with E-state index >= 15 is 0 Å². The first-order valence-electron chi connectivity index (χ1n) is 5.32. The molecule has 1 fully saturated rings. The number of ether oxygens (including phenoxy) is 1. The van der Waals surface area contributed by atoms with E-state index in [0.717, 1.165) is 5.56 Å². The van der Waals surface area contributed by atoms with Crippen molar-refractivity contribution in [3.8, 4) is 0 Å². The van der Waals surface area contributed by atoms with Crippen LogP contribution in [0.4, 0.5) is 4.39 Å². The number of aliphatic hydroxyl groups is 1. The molecule has 1 aliphatic rings. The second-order valence-corrected chi connectivity index (χ2v) is 4.36. The third-order valence-electron chi connectivity index (χ3n) is 3.31. The minimum atomic E-state index is -0.647. The number of nitrogens with two attached hydrogens (primary N) is 1. The van der Waals surface area contributed by atoms with Crippen LogP contribution in [0.5, 0.6) is 0 Å². The van der Waals surface area contributed by atoms with E-state index in [-0.39, 0.29) is 12.4 Å². The van der Waals surface area contributed by atoms with Gasteiger partial charge in [0.25, 0.3) is 0 Å². The molecule has 0 aromatic heterocycles. The first-order chi connectivity index (χ1) is 7.60. The smallest absolute Gasteiger partial charge is 0.126 e. The highest BCUT2D eigenvalue weighted by atomic mass is 19.1. The lowest BCUT2D eigenvalue weighted by atomic mass is 9.73. The van der Waals surface area contributed by atoms with E-state index in [2.05, 4.69) is 0 Å². The summed E-state index contributed by atoms with van der Waals surface area (Å²) in [7, 11) is 0. The maximum Gasteiger partial charge on any atom is 0.126 e. The van der Waals surface area contributed by atoms with Gasteiger partial charge in [-0.3, -0.25) is 0 Å². The van der Waals surface area contributed by atoms with Gasteiger partial charge in [-0.1, -0.05) is 12.1 Å². The monoisotopic (exact) mass is 225 g/mol. The van der Waals surface area contributed by atoms with Gasteiger partial charge in [-0.05, 0) is 24.1 Å². The molecular weight excluding hydrogens is 209 g/mol. The second kappa shape index (κ2) is 4.13. The molecule has 1 aromatic rings. The van der Waals surface area contributed by atoms with Gasteiger partial charge >= 0.3 is 0 Å². The summed E-state index contributed by atoms with van der Waals surface area (Å²) >= 11 is 0. The molecule has 0 bridgehead atoms. The normalized spacial score (nSPS) is 20.2. The summed E-state index contributed by atoms with van der Waals surface area (Å²) in [5.74, 6) is -0.235. The van der Waals surface area contributed by atoms with Gasteiger partial charge in [0.2, 0.25) is 0 Å². The van der Waals surface area contributed by atoms with Crippen molar-refractivity contribution in [2.45, 2.75) is 18.4 Å². The molecule has 3 nitrogen and oxygen atoms in total. The molecule has 1 atom stereocenters. The van der Waals surface area contributed by atoms with Crippen molar-refractivity contribution in [2.24, 2.45) is 5.73 Å². The van der Waals surface area contributed by atoms with Crippen LogP contribution < -0.4 is 5.73 Å². The fraction of sp³-hybridized carbons (Fsp3) is 0.500. The number of rotatable bonds is 3. The Kier molecular flexibility index (Phi) is 2.97. The maximum absolute atomic E-state index is 13.2. The van der Waals surface area contributed by atoms with Gasteiger partial charge in [-0.2, -0.15) is 0 Å². The minimum Gasteiger partial charge on any atom is -0.391 e. The van der Waals surface area contributed by atoms with Crippen LogP contribution in [0.1, 0.15) is 11.1 Å². The van der Waals surface area contributed by atoms with Gasteiger partial charge in [0.05, 0.1) is 24.7 Å². The first kappa shape index (κ1) is 11.5. The molecular formula is C12H16FNO2. The molecule has 88 valence electrons. The second-order valence-electron chi connectivity index (χ2n) is 4.36. The average Bonchev–Trinajstić information content (AvgIpc) is 2.21. The summed E-state index contributed by atoms with van der Waals surface area (Å²) < 4.78 is 18.3. The molecule has 0 amide bonds. The van der Waals surface area contributed by atoms with Gasteiger partial charge in [0.15, 0.2) is 0 Å². The zero-order chi connectivity index (χ0) is 11.8. The number of hydrogen-bond acceptors (Lipinski definition) is 3. The third-order valence-corrected chi connectivity index (χ3v) is 3.31. The molecule has 16 heavy (non-hydrogen) atoms. The molecule has 0 aliphatic carbocycles. The minimum absolute atomic E-state index is 0.180. The molecule has 3 N–H and O–H groups in total. The Hall–Kier alpha value is -0.970. The lowest BCUT2D eigenvalue weighted by molar-refractivity contribution is -0.116. The molecule has 1 unspecified atom stereocenters. The number of benzene rings is 1. The van der Waals surface area contributed by atoms with Crippen molar-refractivity contribution in [3.05, 3.63) is 35.1 Å². The van der Waals surface area contributed by atoms with Crippen molar-refractivity contribution >= 4 is 0 Å². The highest BCUT2D eigenvalue weighted by Crippen LogP contribution is 2.36. The number of aliphatic hydroxyl groups excluding tert-OH is 1. The Morgan fingerprint density at radius 3 is 2.69 bits per heavy atom. The standard InChI is InChI=1S/C12H16FNO2/c1-8-4-9(2-3-10(8)13)12(6-16-7-12)11(15)5-14/h2-4,11,15H,5-7,14H2,1H3. The van der Waals surface area contributed by atoms with E-state index in [0.29, 0.717) is 18.8 Å². The van der Waals surface area contributed by atoms with E-state index < -0.39 is 11.5 Å². The van der Waals surface area contributed by atoms with Gasteiger partial charge in [0, 0.05) is 6.54 Å². The molecule has 1 aromatic carbocycles. The topological polar surface area (TPSA) is 55.5 Å². The molecule has 1 aliphatic heterocycles. The zero-order valence-electron chi connectivity index (χ0n) is 9.24. The van der Waals surface area contributed by atoms with Crippen molar-refractivity contribution in [3.63, 3.8) is 0 Å². The van der Waals surface area contributed by atoms with Crippen LogP contribution in [0.3, 0.4) is 0 Å². The van der Waals surface area contributed by atoms with Crippen LogP contribution in [0.25, 0.3) is 0 Å². The average molecular weight is 225 g/mol. The van der Waals surface area contributed by atoms with Crippen LogP contribution in [-0.4, -0.2) is 31.0 Å². The Morgan fingerprint density at radius 1 is 1.56 bits per heavy atom. The predicted octanol–water partition coefficient (Wildman–Crippen LogP) is 0.722.